The summed E-state index contributed by atoms with van der Waals surface area (Å²) in [5.74, 6) is -0.234. The van der Waals surface area contributed by atoms with Crippen molar-refractivity contribution in [2.75, 3.05) is 13.1 Å². The number of likely N-dealkylation sites (tertiary alicyclic amines) is 1. The van der Waals surface area contributed by atoms with Crippen molar-refractivity contribution in [1.82, 2.24) is 10.2 Å². The molecule has 5 nitrogen and oxygen atoms in total. The van der Waals surface area contributed by atoms with Crippen molar-refractivity contribution in [3.05, 3.63) is 0 Å². The number of carbonyl (C=O) groups excluding carboxylic acids is 1. The van der Waals surface area contributed by atoms with E-state index in [1.54, 1.807) is 0 Å². The number of carboxylic acids is 1. The van der Waals surface area contributed by atoms with Gasteiger partial charge in [0.15, 0.2) is 0 Å². The number of carbonyl (C=O) groups is 2. The largest absolute Gasteiger partial charge is 0.481 e. The Hall–Kier alpha value is -1.26. The molecule has 18 heavy (non-hydrogen) atoms. The van der Waals surface area contributed by atoms with Gasteiger partial charge in [-0.1, -0.05) is 13.3 Å². The molecule has 1 saturated heterocycles. The van der Waals surface area contributed by atoms with Crippen LogP contribution >= 0.6 is 0 Å². The van der Waals surface area contributed by atoms with Crippen LogP contribution in [-0.4, -0.2) is 41.1 Å². The molecule has 5 heteroatoms. The van der Waals surface area contributed by atoms with E-state index in [0.29, 0.717) is 19.0 Å². The van der Waals surface area contributed by atoms with E-state index in [-0.39, 0.29) is 24.4 Å². The van der Waals surface area contributed by atoms with Crippen LogP contribution in [0.15, 0.2) is 0 Å². The normalized spacial score (nSPS) is 24.1. The number of hydrogen-bond donors (Lipinski definition) is 2. The van der Waals surface area contributed by atoms with Gasteiger partial charge in [0.2, 0.25) is 0 Å². The standard InChI is InChI=1S/C13H24N2O3/c1-4-10-8-15(13(18)14-9(2)3)6-5-11(10)7-12(16)17/h9-11H,4-8H2,1-3H3,(H,14,18)(H,16,17). The molecule has 0 bridgehead atoms. The molecule has 104 valence electrons. The molecule has 2 atom stereocenters. The number of rotatable bonds is 4. The van der Waals surface area contributed by atoms with Crippen molar-refractivity contribution in [3.8, 4) is 0 Å². The second-order valence-electron chi connectivity index (χ2n) is 5.37. The van der Waals surface area contributed by atoms with Gasteiger partial charge in [-0.3, -0.25) is 4.79 Å². The summed E-state index contributed by atoms with van der Waals surface area (Å²) >= 11 is 0. The summed E-state index contributed by atoms with van der Waals surface area (Å²) in [7, 11) is 0. The van der Waals surface area contributed by atoms with Crippen LogP contribution in [0.2, 0.25) is 0 Å². The molecule has 0 aliphatic carbocycles. The van der Waals surface area contributed by atoms with Crippen LogP contribution in [0.1, 0.15) is 40.0 Å². The summed E-state index contributed by atoms with van der Waals surface area (Å²) in [4.78, 5) is 24.5. The maximum Gasteiger partial charge on any atom is 0.317 e. The Bertz CT molecular complexity index is 305. The molecule has 0 saturated carbocycles. The first-order valence-electron chi connectivity index (χ1n) is 6.71. The third-order valence-electron chi connectivity index (χ3n) is 3.55. The molecule has 0 aromatic rings. The molecule has 0 aromatic heterocycles. The summed E-state index contributed by atoms with van der Waals surface area (Å²) < 4.78 is 0. The zero-order valence-corrected chi connectivity index (χ0v) is 11.5. The topological polar surface area (TPSA) is 69.6 Å². The van der Waals surface area contributed by atoms with Crippen molar-refractivity contribution < 1.29 is 14.7 Å². The quantitative estimate of drug-likeness (QED) is 0.807. The van der Waals surface area contributed by atoms with E-state index in [1.165, 1.54) is 0 Å². The number of carboxylic acid groups (broad SMARTS) is 1. The van der Waals surface area contributed by atoms with Crippen molar-refractivity contribution in [1.29, 1.82) is 0 Å². The summed E-state index contributed by atoms with van der Waals surface area (Å²) in [6.07, 6.45) is 1.93. The fraction of sp³-hybridized carbons (Fsp3) is 0.846. The van der Waals surface area contributed by atoms with Crippen LogP contribution in [0.25, 0.3) is 0 Å². The molecular formula is C13H24N2O3. The van der Waals surface area contributed by atoms with Gasteiger partial charge in [-0.25, -0.2) is 4.79 Å². The number of nitrogens with zero attached hydrogens (tertiary/aromatic N) is 1. The molecule has 1 fully saturated rings. The van der Waals surface area contributed by atoms with E-state index in [4.69, 9.17) is 5.11 Å². The van der Waals surface area contributed by atoms with Crippen molar-refractivity contribution >= 4 is 12.0 Å². The Morgan fingerprint density at radius 2 is 2.06 bits per heavy atom. The average Bonchev–Trinajstić information content (AvgIpc) is 2.27. The minimum Gasteiger partial charge on any atom is -0.481 e. The Balaban J connectivity index is 2.55. The van der Waals surface area contributed by atoms with Crippen LogP contribution in [-0.2, 0) is 4.79 Å². The number of aliphatic carboxylic acids is 1. The molecule has 1 aliphatic heterocycles. The van der Waals surface area contributed by atoms with E-state index in [9.17, 15) is 9.59 Å². The SMILES string of the molecule is CCC1CN(C(=O)NC(C)C)CCC1CC(=O)O. The van der Waals surface area contributed by atoms with Crippen molar-refractivity contribution in [3.63, 3.8) is 0 Å². The number of piperidine rings is 1. The third-order valence-corrected chi connectivity index (χ3v) is 3.55. The fourth-order valence-electron chi connectivity index (χ4n) is 2.56. The monoisotopic (exact) mass is 256 g/mol. The van der Waals surface area contributed by atoms with Crippen LogP contribution in [0, 0.1) is 11.8 Å². The van der Waals surface area contributed by atoms with Crippen LogP contribution in [0.4, 0.5) is 4.79 Å². The predicted octanol–water partition coefficient (Wildman–Crippen LogP) is 1.93. The molecular weight excluding hydrogens is 232 g/mol. The Kier molecular flexibility index (Phi) is 5.44. The average molecular weight is 256 g/mol. The van der Waals surface area contributed by atoms with E-state index in [0.717, 1.165) is 12.8 Å². The lowest BCUT2D eigenvalue weighted by atomic mass is 9.82. The van der Waals surface area contributed by atoms with Gasteiger partial charge in [0.25, 0.3) is 0 Å². The van der Waals surface area contributed by atoms with Crippen LogP contribution in [0.5, 0.6) is 0 Å². The lowest BCUT2D eigenvalue weighted by molar-refractivity contribution is -0.139. The molecule has 2 unspecified atom stereocenters. The van der Waals surface area contributed by atoms with E-state index in [1.807, 2.05) is 18.7 Å². The summed E-state index contributed by atoms with van der Waals surface area (Å²) in [6.45, 7) is 7.27. The maximum absolute atomic E-state index is 11.9. The highest BCUT2D eigenvalue weighted by atomic mass is 16.4. The van der Waals surface area contributed by atoms with E-state index >= 15 is 0 Å². The lowest BCUT2D eigenvalue weighted by Crippen LogP contribution is -2.49. The minimum absolute atomic E-state index is 0.0303. The number of hydrogen-bond acceptors (Lipinski definition) is 2. The van der Waals surface area contributed by atoms with Gasteiger partial charge < -0.3 is 15.3 Å². The second-order valence-corrected chi connectivity index (χ2v) is 5.37. The maximum atomic E-state index is 11.9. The number of amides is 2. The Labute approximate surface area is 109 Å². The van der Waals surface area contributed by atoms with Crippen molar-refractivity contribution in [2.45, 2.75) is 46.1 Å². The summed E-state index contributed by atoms with van der Waals surface area (Å²) in [5, 5.41) is 11.8. The summed E-state index contributed by atoms with van der Waals surface area (Å²) in [5.41, 5.74) is 0. The zero-order chi connectivity index (χ0) is 13.7. The molecule has 0 spiro atoms. The highest BCUT2D eigenvalue weighted by Gasteiger charge is 2.31. The first kappa shape index (κ1) is 14.8. The smallest absolute Gasteiger partial charge is 0.317 e. The van der Waals surface area contributed by atoms with Crippen molar-refractivity contribution in [2.24, 2.45) is 11.8 Å². The summed E-state index contributed by atoms with van der Waals surface area (Å²) in [6, 6.07) is 0.103. The van der Waals surface area contributed by atoms with Gasteiger partial charge in [-0.2, -0.15) is 0 Å². The molecule has 1 aliphatic rings. The number of urea groups is 1. The van der Waals surface area contributed by atoms with Gasteiger partial charge in [0, 0.05) is 25.6 Å². The highest BCUT2D eigenvalue weighted by Crippen LogP contribution is 2.28. The minimum atomic E-state index is -0.737. The van der Waals surface area contributed by atoms with Crippen LogP contribution < -0.4 is 5.32 Å². The zero-order valence-electron chi connectivity index (χ0n) is 11.5. The molecule has 2 N–H and O–H groups in total. The Morgan fingerprint density at radius 3 is 2.56 bits per heavy atom. The van der Waals surface area contributed by atoms with Gasteiger partial charge >= 0.3 is 12.0 Å². The molecule has 0 aromatic carbocycles. The van der Waals surface area contributed by atoms with Gasteiger partial charge in [-0.15, -0.1) is 0 Å². The van der Waals surface area contributed by atoms with Gasteiger partial charge in [0.1, 0.15) is 0 Å². The van der Waals surface area contributed by atoms with E-state index in [2.05, 4.69) is 12.2 Å². The van der Waals surface area contributed by atoms with E-state index < -0.39 is 5.97 Å². The highest BCUT2D eigenvalue weighted by molar-refractivity contribution is 5.74. The van der Waals surface area contributed by atoms with Crippen LogP contribution in [0.3, 0.4) is 0 Å². The molecule has 2 amide bonds. The second kappa shape index (κ2) is 6.61. The molecule has 1 heterocycles. The predicted molar refractivity (Wildman–Crippen MR) is 69.4 cm³/mol. The third kappa shape index (κ3) is 4.20. The first-order valence-corrected chi connectivity index (χ1v) is 6.71. The first-order chi connectivity index (χ1) is 8.43. The Morgan fingerprint density at radius 1 is 1.39 bits per heavy atom. The molecule has 0 radical (unpaired) electrons. The van der Waals surface area contributed by atoms with Gasteiger partial charge in [0.05, 0.1) is 0 Å². The fourth-order valence-corrected chi connectivity index (χ4v) is 2.56. The number of nitrogens with one attached hydrogen (secondary N) is 1. The lowest BCUT2D eigenvalue weighted by Gasteiger charge is -2.38. The van der Waals surface area contributed by atoms with Gasteiger partial charge in [-0.05, 0) is 32.1 Å². The molecule has 1 rings (SSSR count).